The Labute approximate surface area is 304 Å². The highest BCUT2D eigenvalue weighted by Gasteiger charge is 2.03. The maximum atomic E-state index is 12.0. The van der Waals surface area contributed by atoms with E-state index in [-0.39, 0.29) is 5.97 Å². The van der Waals surface area contributed by atoms with Crippen LogP contribution in [0.25, 0.3) is 0 Å². The van der Waals surface area contributed by atoms with Crippen molar-refractivity contribution in [1.29, 1.82) is 0 Å². The SMILES string of the molecule is CCCCCC/C=C\CCCCCCCCOC(=O)CCCCCCCCCCCCCCCCCCCCCCCCCCCCC. The van der Waals surface area contributed by atoms with E-state index in [2.05, 4.69) is 26.0 Å². The summed E-state index contributed by atoms with van der Waals surface area (Å²) in [4.78, 5) is 12.0. The van der Waals surface area contributed by atoms with Crippen LogP contribution in [0.1, 0.15) is 271 Å². The zero-order valence-electron chi connectivity index (χ0n) is 33.5. The van der Waals surface area contributed by atoms with Crippen molar-refractivity contribution in [2.45, 2.75) is 271 Å². The van der Waals surface area contributed by atoms with Gasteiger partial charge in [-0.05, 0) is 38.5 Å². The minimum absolute atomic E-state index is 0.0241. The largest absolute Gasteiger partial charge is 0.466 e. The molecule has 0 radical (unpaired) electrons. The van der Waals surface area contributed by atoms with Gasteiger partial charge in [-0.2, -0.15) is 0 Å². The summed E-state index contributed by atoms with van der Waals surface area (Å²) in [5.74, 6) is 0.0241. The van der Waals surface area contributed by atoms with Crippen molar-refractivity contribution in [2.75, 3.05) is 6.61 Å². The first kappa shape index (κ1) is 47.2. The van der Waals surface area contributed by atoms with Gasteiger partial charge < -0.3 is 4.74 Å². The molecule has 48 heavy (non-hydrogen) atoms. The van der Waals surface area contributed by atoms with Gasteiger partial charge in [-0.15, -0.1) is 0 Å². The molecule has 2 nitrogen and oxygen atoms in total. The minimum atomic E-state index is 0.0241. The second kappa shape index (κ2) is 44.2. The van der Waals surface area contributed by atoms with Crippen LogP contribution in [-0.4, -0.2) is 12.6 Å². The quantitative estimate of drug-likeness (QED) is 0.0366. The molecule has 0 aliphatic carbocycles. The maximum absolute atomic E-state index is 12.0. The first-order chi connectivity index (χ1) is 23.8. The van der Waals surface area contributed by atoms with E-state index in [1.807, 2.05) is 0 Å². The van der Waals surface area contributed by atoms with E-state index in [4.69, 9.17) is 4.74 Å². The molecule has 0 amide bonds. The van der Waals surface area contributed by atoms with Crippen molar-refractivity contribution in [3.05, 3.63) is 12.2 Å². The van der Waals surface area contributed by atoms with E-state index in [1.165, 1.54) is 238 Å². The van der Waals surface area contributed by atoms with Gasteiger partial charge in [-0.3, -0.25) is 4.79 Å². The number of carbonyl (C=O) groups is 1. The Kier molecular flexibility index (Phi) is 43.5. The lowest BCUT2D eigenvalue weighted by molar-refractivity contribution is -0.143. The van der Waals surface area contributed by atoms with Crippen LogP contribution in [0.2, 0.25) is 0 Å². The van der Waals surface area contributed by atoms with Crippen molar-refractivity contribution in [1.82, 2.24) is 0 Å². The molecular formula is C46H90O2. The molecule has 0 aromatic carbocycles. The van der Waals surface area contributed by atoms with E-state index >= 15 is 0 Å². The molecule has 286 valence electrons. The van der Waals surface area contributed by atoms with Crippen LogP contribution in [-0.2, 0) is 9.53 Å². The number of hydrogen-bond acceptors (Lipinski definition) is 2. The lowest BCUT2D eigenvalue weighted by Crippen LogP contribution is -2.05. The van der Waals surface area contributed by atoms with Gasteiger partial charge in [0.05, 0.1) is 6.61 Å². The van der Waals surface area contributed by atoms with E-state index in [0.29, 0.717) is 13.0 Å². The molecule has 0 saturated carbocycles. The summed E-state index contributed by atoms with van der Waals surface area (Å²) in [5.41, 5.74) is 0. The van der Waals surface area contributed by atoms with Crippen molar-refractivity contribution in [3.8, 4) is 0 Å². The summed E-state index contributed by atoms with van der Waals surface area (Å²) in [6, 6.07) is 0. The fourth-order valence-electron chi connectivity index (χ4n) is 7.02. The molecule has 0 fully saturated rings. The fourth-order valence-corrected chi connectivity index (χ4v) is 7.02. The van der Waals surface area contributed by atoms with E-state index < -0.39 is 0 Å². The highest BCUT2D eigenvalue weighted by Crippen LogP contribution is 2.17. The van der Waals surface area contributed by atoms with Gasteiger partial charge in [0.1, 0.15) is 0 Å². The van der Waals surface area contributed by atoms with Crippen LogP contribution in [0.5, 0.6) is 0 Å². The maximum Gasteiger partial charge on any atom is 0.305 e. The Morgan fingerprint density at radius 2 is 0.583 bits per heavy atom. The highest BCUT2D eigenvalue weighted by molar-refractivity contribution is 5.69. The number of unbranched alkanes of at least 4 members (excludes halogenated alkanes) is 36. The van der Waals surface area contributed by atoms with E-state index in [9.17, 15) is 4.79 Å². The first-order valence-electron chi connectivity index (χ1n) is 22.6. The van der Waals surface area contributed by atoms with Gasteiger partial charge >= 0.3 is 5.97 Å². The topological polar surface area (TPSA) is 26.3 Å². The van der Waals surface area contributed by atoms with Crippen molar-refractivity contribution in [3.63, 3.8) is 0 Å². The molecule has 0 unspecified atom stereocenters. The molecule has 0 spiro atoms. The lowest BCUT2D eigenvalue weighted by atomic mass is 10.0. The summed E-state index contributed by atoms with van der Waals surface area (Å²) in [7, 11) is 0. The van der Waals surface area contributed by atoms with Crippen LogP contribution in [0.4, 0.5) is 0 Å². The molecule has 0 aromatic heterocycles. The zero-order valence-corrected chi connectivity index (χ0v) is 33.5. The Bertz CT molecular complexity index is 611. The number of hydrogen-bond donors (Lipinski definition) is 0. The summed E-state index contributed by atoms with van der Waals surface area (Å²) < 4.78 is 5.46. The Hall–Kier alpha value is -0.790. The number of carbonyl (C=O) groups excluding carboxylic acids is 1. The monoisotopic (exact) mass is 675 g/mol. The Morgan fingerprint density at radius 3 is 0.917 bits per heavy atom. The molecule has 0 aromatic rings. The van der Waals surface area contributed by atoms with Crippen molar-refractivity contribution < 1.29 is 9.53 Å². The molecule has 0 rings (SSSR count). The third kappa shape index (κ3) is 43.2. The van der Waals surface area contributed by atoms with Crippen molar-refractivity contribution in [2.24, 2.45) is 0 Å². The van der Waals surface area contributed by atoms with E-state index in [1.54, 1.807) is 0 Å². The van der Waals surface area contributed by atoms with Gasteiger partial charge in [0.15, 0.2) is 0 Å². The molecule has 0 bridgehead atoms. The number of allylic oxidation sites excluding steroid dienone is 2. The summed E-state index contributed by atoms with van der Waals surface area (Å²) >= 11 is 0. The zero-order chi connectivity index (χ0) is 34.7. The van der Waals surface area contributed by atoms with Crippen LogP contribution in [0.15, 0.2) is 12.2 Å². The summed E-state index contributed by atoms with van der Waals surface area (Å²) in [6.07, 6.45) is 59.0. The molecule has 0 aliphatic heterocycles. The van der Waals surface area contributed by atoms with Crippen molar-refractivity contribution >= 4 is 5.97 Å². The molecule has 0 atom stereocenters. The highest BCUT2D eigenvalue weighted by atomic mass is 16.5. The van der Waals surface area contributed by atoms with Gasteiger partial charge in [0.25, 0.3) is 0 Å². The predicted octanol–water partition coefficient (Wildman–Crippen LogP) is 16.7. The van der Waals surface area contributed by atoms with Gasteiger partial charge in [0, 0.05) is 6.42 Å². The second-order valence-corrected chi connectivity index (χ2v) is 15.4. The third-order valence-electron chi connectivity index (χ3n) is 10.4. The average Bonchev–Trinajstić information content (AvgIpc) is 3.09. The molecule has 0 N–H and O–H groups in total. The fraction of sp³-hybridized carbons (Fsp3) is 0.935. The number of rotatable bonds is 42. The van der Waals surface area contributed by atoms with Crippen LogP contribution in [0.3, 0.4) is 0 Å². The predicted molar refractivity (Wildman–Crippen MR) is 216 cm³/mol. The number of ether oxygens (including phenoxy) is 1. The summed E-state index contributed by atoms with van der Waals surface area (Å²) in [5, 5.41) is 0. The van der Waals surface area contributed by atoms with Gasteiger partial charge in [-0.1, -0.05) is 238 Å². The smallest absolute Gasteiger partial charge is 0.305 e. The minimum Gasteiger partial charge on any atom is -0.466 e. The second-order valence-electron chi connectivity index (χ2n) is 15.4. The molecular weight excluding hydrogens is 585 g/mol. The average molecular weight is 675 g/mol. The van der Waals surface area contributed by atoms with Crippen LogP contribution < -0.4 is 0 Å². The molecule has 0 heterocycles. The van der Waals surface area contributed by atoms with Crippen LogP contribution in [0, 0.1) is 0 Å². The van der Waals surface area contributed by atoms with E-state index in [0.717, 1.165) is 12.8 Å². The number of esters is 1. The lowest BCUT2D eigenvalue weighted by Gasteiger charge is -2.06. The first-order valence-corrected chi connectivity index (χ1v) is 22.6. The molecule has 2 heteroatoms. The van der Waals surface area contributed by atoms with Crippen LogP contribution >= 0.6 is 0 Å². The van der Waals surface area contributed by atoms with Gasteiger partial charge in [0.2, 0.25) is 0 Å². The Balaban J connectivity index is 3.15. The summed E-state index contributed by atoms with van der Waals surface area (Å²) in [6.45, 7) is 5.20. The standard InChI is InChI=1S/C46H90O2/c1-3-5-7-9-11-13-15-17-19-20-21-22-23-24-25-26-27-28-29-30-31-32-34-36-38-40-42-44-46(47)48-45-43-41-39-37-35-33-18-16-14-12-10-8-6-4-2/h14,16H,3-13,15,17-45H2,1-2H3/b16-14-. The third-order valence-corrected chi connectivity index (χ3v) is 10.4. The molecule has 0 aliphatic rings. The van der Waals surface area contributed by atoms with Gasteiger partial charge in [-0.25, -0.2) is 0 Å². The Morgan fingerprint density at radius 1 is 0.333 bits per heavy atom. The normalized spacial score (nSPS) is 11.6. The molecule has 0 saturated heterocycles.